The van der Waals surface area contributed by atoms with E-state index in [0.29, 0.717) is 0 Å². The molecule has 0 aliphatic carbocycles. The van der Waals surface area contributed by atoms with E-state index in [4.69, 9.17) is 16.7 Å². The first-order valence-corrected chi connectivity index (χ1v) is 6.66. The summed E-state index contributed by atoms with van der Waals surface area (Å²) < 4.78 is 0. The lowest BCUT2D eigenvalue weighted by Crippen LogP contribution is -2.06. The van der Waals surface area contributed by atoms with Gasteiger partial charge in [0.15, 0.2) is 0 Å². The van der Waals surface area contributed by atoms with Crippen LogP contribution in [-0.2, 0) is 0 Å². The van der Waals surface area contributed by atoms with Crippen LogP contribution in [0.15, 0.2) is 35.7 Å². The fourth-order valence-electron chi connectivity index (χ4n) is 1.64. The van der Waals surface area contributed by atoms with Crippen LogP contribution in [0.1, 0.15) is 28.2 Å². The highest BCUT2D eigenvalue weighted by Gasteiger charge is 2.11. The van der Waals surface area contributed by atoms with Crippen molar-refractivity contribution in [3.63, 3.8) is 0 Å². The number of hydrogen-bond donors (Lipinski definition) is 2. The van der Waals surface area contributed by atoms with Crippen LogP contribution in [-0.4, -0.2) is 11.1 Å². The Balaban J connectivity index is 2.20. The van der Waals surface area contributed by atoms with Gasteiger partial charge in [0.05, 0.1) is 16.6 Å². The molecule has 2 aromatic rings. The maximum absolute atomic E-state index is 11.0. The molecular weight excluding hydrogens is 270 g/mol. The van der Waals surface area contributed by atoms with Gasteiger partial charge in [-0.1, -0.05) is 17.7 Å². The molecule has 1 aromatic carbocycles. The van der Waals surface area contributed by atoms with Gasteiger partial charge in [-0.05, 0) is 36.6 Å². The van der Waals surface area contributed by atoms with Crippen LogP contribution in [0.3, 0.4) is 0 Å². The fraction of sp³-hybridized carbons (Fsp3) is 0.154. The minimum absolute atomic E-state index is 0.111. The maximum atomic E-state index is 11.0. The first-order valence-electron chi connectivity index (χ1n) is 5.40. The van der Waals surface area contributed by atoms with E-state index in [1.54, 1.807) is 29.5 Å². The highest BCUT2D eigenvalue weighted by Crippen LogP contribution is 2.26. The average molecular weight is 282 g/mol. The lowest BCUT2D eigenvalue weighted by Gasteiger charge is -2.14. The van der Waals surface area contributed by atoms with E-state index in [9.17, 15) is 4.79 Å². The van der Waals surface area contributed by atoms with Gasteiger partial charge < -0.3 is 10.4 Å². The Labute approximate surface area is 114 Å². The fourth-order valence-corrected chi connectivity index (χ4v) is 2.57. The summed E-state index contributed by atoms with van der Waals surface area (Å²) in [6.45, 7) is 2.03. The van der Waals surface area contributed by atoms with Gasteiger partial charge in [-0.25, -0.2) is 4.79 Å². The largest absolute Gasteiger partial charge is 0.478 e. The summed E-state index contributed by atoms with van der Waals surface area (Å²) in [7, 11) is 0. The maximum Gasteiger partial charge on any atom is 0.337 e. The molecule has 2 rings (SSSR count). The highest BCUT2D eigenvalue weighted by molar-refractivity contribution is 7.10. The van der Waals surface area contributed by atoms with Gasteiger partial charge in [0, 0.05) is 10.6 Å². The first kappa shape index (κ1) is 12.9. The van der Waals surface area contributed by atoms with Crippen LogP contribution < -0.4 is 5.32 Å². The predicted molar refractivity (Wildman–Crippen MR) is 74.8 cm³/mol. The van der Waals surface area contributed by atoms with Crippen molar-refractivity contribution in [3.8, 4) is 0 Å². The molecule has 0 aliphatic heterocycles. The topological polar surface area (TPSA) is 49.3 Å². The number of benzene rings is 1. The molecule has 5 heteroatoms. The smallest absolute Gasteiger partial charge is 0.337 e. The average Bonchev–Trinajstić information content (AvgIpc) is 2.85. The molecule has 1 heterocycles. The van der Waals surface area contributed by atoms with Gasteiger partial charge in [0.2, 0.25) is 0 Å². The van der Waals surface area contributed by atoms with Crippen LogP contribution in [0.25, 0.3) is 0 Å². The van der Waals surface area contributed by atoms with Crippen LogP contribution in [0.2, 0.25) is 5.02 Å². The van der Waals surface area contributed by atoms with E-state index in [1.807, 2.05) is 24.4 Å². The lowest BCUT2D eigenvalue weighted by atomic mass is 10.2. The second kappa shape index (κ2) is 5.42. The van der Waals surface area contributed by atoms with Gasteiger partial charge >= 0.3 is 5.97 Å². The third kappa shape index (κ3) is 2.83. The molecule has 1 unspecified atom stereocenters. The highest BCUT2D eigenvalue weighted by atomic mass is 35.5. The van der Waals surface area contributed by atoms with Crippen LogP contribution in [0, 0.1) is 0 Å². The Kier molecular flexibility index (Phi) is 3.89. The molecule has 0 amide bonds. The molecule has 94 valence electrons. The minimum Gasteiger partial charge on any atom is -0.478 e. The van der Waals surface area contributed by atoms with Crippen molar-refractivity contribution in [1.29, 1.82) is 0 Å². The Hall–Kier alpha value is -1.52. The molecule has 0 radical (unpaired) electrons. The number of carbonyl (C=O) groups is 1. The molecule has 1 atom stereocenters. The Morgan fingerprint density at radius 1 is 1.44 bits per heavy atom. The third-order valence-corrected chi connectivity index (χ3v) is 3.93. The monoisotopic (exact) mass is 281 g/mol. The number of anilines is 1. The van der Waals surface area contributed by atoms with E-state index in [1.165, 1.54) is 4.88 Å². The summed E-state index contributed by atoms with van der Waals surface area (Å²) in [5.74, 6) is -1.02. The number of nitrogens with one attached hydrogen (secondary N) is 1. The van der Waals surface area contributed by atoms with Crippen molar-refractivity contribution in [1.82, 2.24) is 0 Å². The molecule has 1 aromatic heterocycles. The summed E-state index contributed by atoms with van der Waals surface area (Å²) in [4.78, 5) is 12.2. The van der Waals surface area contributed by atoms with Gasteiger partial charge in [0.1, 0.15) is 0 Å². The number of rotatable bonds is 4. The van der Waals surface area contributed by atoms with Crippen molar-refractivity contribution in [2.24, 2.45) is 0 Å². The number of halogens is 1. The van der Waals surface area contributed by atoms with Crippen molar-refractivity contribution in [3.05, 3.63) is 51.2 Å². The normalized spacial score (nSPS) is 12.1. The zero-order valence-corrected chi connectivity index (χ0v) is 11.3. The predicted octanol–water partition coefficient (Wildman–Crippen LogP) is 4.27. The van der Waals surface area contributed by atoms with Crippen molar-refractivity contribution in [2.45, 2.75) is 13.0 Å². The zero-order valence-electron chi connectivity index (χ0n) is 9.68. The standard InChI is InChI=1S/C13H12ClNO2S/c1-8(12-3-2-6-18-12)15-9-4-5-11(14)10(7-9)13(16)17/h2-8,15H,1H3,(H,16,17). The molecule has 0 saturated heterocycles. The SMILES string of the molecule is CC(Nc1ccc(Cl)c(C(=O)O)c1)c1cccs1. The summed E-state index contributed by atoms with van der Waals surface area (Å²) >= 11 is 7.48. The molecule has 3 nitrogen and oxygen atoms in total. The Morgan fingerprint density at radius 2 is 2.22 bits per heavy atom. The van der Waals surface area contributed by atoms with Gasteiger partial charge in [-0.2, -0.15) is 0 Å². The minimum atomic E-state index is -1.02. The van der Waals surface area contributed by atoms with Crippen molar-refractivity contribution in [2.75, 3.05) is 5.32 Å². The molecule has 0 saturated carbocycles. The van der Waals surface area contributed by atoms with E-state index in [-0.39, 0.29) is 16.6 Å². The van der Waals surface area contributed by atoms with Crippen molar-refractivity contribution < 1.29 is 9.90 Å². The molecule has 18 heavy (non-hydrogen) atoms. The number of hydrogen-bond acceptors (Lipinski definition) is 3. The van der Waals surface area contributed by atoms with Gasteiger partial charge in [0.25, 0.3) is 0 Å². The molecular formula is C13H12ClNO2S. The first-order chi connectivity index (χ1) is 8.58. The molecule has 0 spiro atoms. The zero-order chi connectivity index (χ0) is 13.1. The Bertz CT molecular complexity index is 554. The number of carboxylic acid groups (broad SMARTS) is 1. The number of carboxylic acids is 1. The van der Waals surface area contributed by atoms with E-state index in [2.05, 4.69) is 5.32 Å². The second-order valence-corrected chi connectivity index (χ2v) is 5.27. The number of aromatic carboxylic acids is 1. The number of thiophene rings is 1. The summed E-state index contributed by atoms with van der Waals surface area (Å²) in [6.07, 6.45) is 0. The van der Waals surface area contributed by atoms with E-state index < -0.39 is 5.97 Å². The van der Waals surface area contributed by atoms with Crippen LogP contribution in [0.4, 0.5) is 5.69 Å². The van der Waals surface area contributed by atoms with Crippen LogP contribution >= 0.6 is 22.9 Å². The molecule has 0 fully saturated rings. The molecule has 0 aliphatic rings. The summed E-state index contributed by atoms with van der Waals surface area (Å²) in [5.41, 5.74) is 0.859. The molecule has 0 bridgehead atoms. The summed E-state index contributed by atoms with van der Waals surface area (Å²) in [5, 5.41) is 14.5. The van der Waals surface area contributed by atoms with Gasteiger partial charge in [-0.3, -0.25) is 0 Å². The van der Waals surface area contributed by atoms with E-state index >= 15 is 0 Å². The van der Waals surface area contributed by atoms with Crippen LogP contribution in [0.5, 0.6) is 0 Å². The van der Waals surface area contributed by atoms with E-state index in [0.717, 1.165) is 5.69 Å². The van der Waals surface area contributed by atoms with Crippen molar-refractivity contribution >= 4 is 34.6 Å². The Morgan fingerprint density at radius 3 is 2.83 bits per heavy atom. The molecule has 2 N–H and O–H groups in total. The van der Waals surface area contributed by atoms with Gasteiger partial charge in [-0.15, -0.1) is 11.3 Å². The quantitative estimate of drug-likeness (QED) is 0.880. The lowest BCUT2D eigenvalue weighted by molar-refractivity contribution is 0.0697. The third-order valence-electron chi connectivity index (χ3n) is 2.55. The summed E-state index contributed by atoms with van der Waals surface area (Å²) in [6, 6.07) is 9.08. The second-order valence-electron chi connectivity index (χ2n) is 3.88.